The van der Waals surface area contributed by atoms with E-state index in [1.54, 1.807) is 0 Å². The first kappa shape index (κ1) is 8.89. The van der Waals surface area contributed by atoms with Gasteiger partial charge in [-0.3, -0.25) is 0 Å². The SMILES string of the molecule is OC1COC(O)C(O)CC1O. The van der Waals surface area contributed by atoms with E-state index < -0.39 is 24.6 Å². The third kappa shape index (κ3) is 2.11. The molecule has 0 saturated carbocycles. The lowest BCUT2D eigenvalue weighted by Gasteiger charge is -2.14. The monoisotopic (exact) mass is 164 g/mol. The largest absolute Gasteiger partial charge is 0.390 e. The summed E-state index contributed by atoms with van der Waals surface area (Å²) < 4.78 is 4.59. The van der Waals surface area contributed by atoms with Crippen LogP contribution in [0.15, 0.2) is 0 Å². The molecule has 4 N–H and O–H groups in total. The van der Waals surface area contributed by atoms with Crippen LogP contribution in [0.4, 0.5) is 0 Å². The molecule has 1 rings (SSSR count). The van der Waals surface area contributed by atoms with Gasteiger partial charge in [0, 0.05) is 6.42 Å². The Balaban J connectivity index is 2.51. The highest BCUT2D eigenvalue weighted by Gasteiger charge is 2.29. The molecule has 11 heavy (non-hydrogen) atoms. The Kier molecular flexibility index (Phi) is 2.80. The summed E-state index contributed by atoms with van der Waals surface area (Å²) >= 11 is 0. The Morgan fingerprint density at radius 2 is 1.55 bits per heavy atom. The first-order valence-corrected chi connectivity index (χ1v) is 3.45. The minimum absolute atomic E-state index is 0.0671. The van der Waals surface area contributed by atoms with Crippen LogP contribution in [-0.4, -0.2) is 51.6 Å². The maximum atomic E-state index is 9.04. The molecule has 0 aromatic carbocycles. The fourth-order valence-electron chi connectivity index (χ4n) is 0.940. The molecule has 0 bridgehead atoms. The van der Waals surface area contributed by atoms with Gasteiger partial charge in [0.05, 0.1) is 12.7 Å². The molecule has 5 heteroatoms. The molecule has 0 aromatic rings. The van der Waals surface area contributed by atoms with Crippen LogP contribution in [0.1, 0.15) is 6.42 Å². The number of rotatable bonds is 0. The molecule has 1 saturated heterocycles. The lowest BCUT2D eigenvalue weighted by molar-refractivity contribution is -0.160. The van der Waals surface area contributed by atoms with Gasteiger partial charge in [-0.15, -0.1) is 0 Å². The molecule has 0 spiro atoms. The van der Waals surface area contributed by atoms with Crippen LogP contribution in [-0.2, 0) is 4.74 Å². The maximum Gasteiger partial charge on any atom is 0.181 e. The second-order valence-electron chi connectivity index (χ2n) is 2.66. The summed E-state index contributed by atoms with van der Waals surface area (Å²) in [5, 5.41) is 35.9. The van der Waals surface area contributed by atoms with E-state index in [-0.39, 0.29) is 13.0 Å². The van der Waals surface area contributed by atoms with Crippen molar-refractivity contribution in [1.82, 2.24) is 0 Å². The first-order chi connectivity index (χ1) is 5.11. The molecule has 0 radical (unpaired) electrons. The number of hydrogen-bond acceptors (Lipinski definition) is 5. The molecule has 5 nitrogen and oxygen atoms in total. The highest BCUT2D eigenvalue weighted by molar-refractivity contribution is 4.76. The molecule has 1 heterocycles. The van der Waals surface area contributed by atoms with E-state index in [1.165, 1.54) is 0 Å². The number of aliphatic hydroxyl groups excluding tert-OH is 4. The second-order valence-corrected chi connectivity index (χ2v) is 2.66. The average molecular weight is 164 g/mol. The van der Waals surface area contributed by atoms with Crippen LogP contribution in [0.3, 0.4) is 0 Å². The summed E-state index contributed by atoms with van der Waals surface area (Å²) in [4.78, 5) is 0. The molecular formula is C6H12O5. The zero-order valence-electron chi connectivity index (χ0n) is 5.92. The Bertz CT molecular complexity index is 114. The van der Waals surface area contributed by atoms with Gasteiger partial charge in [-0.1, -0.05) is 0 Å². The first-order valence-electron chi connectivity index (χ1n) is 3.45. The molecule has 0 aromatic heterocycles. The van der Waals surface area contributed by atoms with Crippen molar-refractivity contribution in [2.75, 3.05) is 6.61 Å². The van der Waals surface area contributed by atoms with E-state index in [0.717, 1.165) is 0 Å². The van der Waals surface area contributed by atoms with Gasteiger partial charge in [0.25, 0.3) is 0 Å². The van der Waals surface area contributed by atoms with Gasteiger partial charge in [0.2, 0.25) is 0 Å². The van der Waals surface area contributed by atoms with Gasteiger partial charge in [-0.2, -0.15) is 0 Å². The average Bonchev–Trinajstić information content (AvgIpc) is 2.05. The van der Waals surface area contributed by atoms with Crippen molar-refractivity contribution in [1.29, 1.82) is 0 Å². The van der Waals surface area contributed by atoms with Crippen molar-refractivity contribution in [3.8, 4) is 0 Å². The topological polar surface area (TPSA) is 90.2 Å². The molecule has 4 atom stereocenters. The molecule has 1 aliphatic heterocycles. The van der Waals surface area contributed by atoms with E-state index in [2.05, 4.69) is 4.74 Å². The zero-order valence-corrected chi connectivity index (χ0v) is 5.92. The summed E-state index contributed by atoms with van der Waals surface area (Å²) in [6.45, 7) is -0.153. The van der Waals surface area contributed by atoms with Gasteiger partial charge in [-0.25, -0.2) is 0 Å². The Morgan fingerprint density at radius 3 is 2.18 bits per heavy atom. The molecule has 1 fully saturated rings. The summed E-state index contributed by atoms with van der Waals surface area (Å²) in [6.07, 6.45) is -4.55. The lowest BCUT2D eigenvalue weighted by atomic mass is 10.1. The molecule has 1 aliphatic rings. The minimum atomic E-state index is -1.30. The standard InChI is InChI=1S/C6H12O5/c7-3-1-4(8)6(10)11-2-5(3)9/h3-10H,1-2H2. The summed E-state index contributed by atoms with van der Waals surface area (Å²) in [5.41, 5.74) is 0. The highest BCUT2D eigenvalue weighted by atomic mass is 16.6. The predicted octanol–water partition coefficient (Wildman–Crippen LogP) is -2.19. The molecular weight excluding hydrogens is 152 g/mol. The van der Waals surface area contributed by atoms with E-state index in [4.69, 9.17) is 20.4 Å². The quantitative estimate of drug-likeness (QED) is 0.326. The van der Waals surface area contributed by atoms with E-state index in [0.29, 0.717) is 0 Å². The van der Waals surface area contributed by atoms with Crippen LogP contribution in [0.25, 0.3) is 0 Å². The third-order valence-corrected chi connectivity index (χ3v) is 1.69. The third-order valence-electron chi connectivity index (χ3n) is 1.69. The van der Waals surface area contributed by atoms with E-state index >= 15 is 0 Å². The molecule has 4 unspecified atom stereocenters. The van der Waals surface area contributed by atoms with Crippen LogP contribution in [0.5, 0.6) is 0 Å². The van der Waals surface area contributed by atoms with Crippen LogP contribution in [0, 0.1) is 0 Å². The number of ether oxygens (including phenoxy) is 1. The normalized spacial score (nSPS) is 46.9. The van der Waals surface area contributed by atoms with Crippen molar-refractivity contribution >= 4 is 0 Å². The second kappa shape index (κ2) is 3.46. The summed E-state index contributed by atoms with van der Waals surface area (Å²) in [7, 11) is 0. The highest BCUT2D eigenvalue weighted by Crippen LogP contribution is 2.13. The maximum absolute atomic E-state index is 9.04. The number of hydrogen-bond donors (Lipinski definition) is 4. The van der Waals surface area contributed by atoms with Crippen LogP contribution < -0.4 is 0 Å². The van der Waals surface area contributed by atoms with Gasteiger partial charge in [0.1, 0.15) is 12.2 Å². The fraction of sp³-hybridized carbons (Fsp3) is 1.00. The molecule has 66 valence electrons. The van der Waals surface area contributed by atoms with Crippen molar-refractivity contribution in [3.05, 3.63) is 0 Å². The summed E-state index contributed by atoms with van der Waals surface area (Å²) in [5.74, 6) is 0. The zero-order chi connectivity index (χ0) is 8.43. The van der Waals surface area contributed by atoms with E-state index in [9.17, 15) is 0 Å². The minimum Gasteiger partial charge on any atom is -0.390 e. The van der Waals surface area contributed by atoms with Gasteiger partial charge in [-0.05, 0) is 0 Å². The summed E-state index contributed by atoms with van der Waals surface area (Å²) in [6, 6.07) is 0. The van der Waals surface area contributed by atoms with E-state index in [1.807, 2.05) is 0 Å². The Labute approximate surface area is 63.8 Å². The molecule has 0 amide bonds. The smallest absolute Gasteiger partial charge is 0.181 e. The molecule has 0 aliphatic carbocycles. The van der Waals surface area contributed by atoms with Gasteiger partial charge >= 0.3 is 0 Å². The van der Waals surface area contributed by atoms with Gasteiger partial charge in [0.15, 0.2) is 6.29 Å². The van der Waals surface area contributed by atoms with Crippen molar-refractivity contribution in [2.24, 2.45) is 0 Å². The fourth-order valence-corrected chi connectivity index (χ4v) is 0.940. The lowest BCUT2D eigenvalue weighted by Crippen LogP contribution is -2.30. The van der Waals surface area contributed by atoms with Crippen molar-refractivity contribution in [3.63, 3.8) is 0 Å². The van der Waals surface area contributed by atoms with Crippen molar-refractivity contribution < 1.29 is 25.2 Å². The predicted molar refractivity (Wildman–Crippen MR) is 34.6 cm³/mol. The van der Waals surface area contributed by atoms with Crippen LogP contribution in [0.2, 0.25) is 0 Å². The van der Waals surface area contributed by atoms with Crippen LogP contribution >= 0.6 is 0 Å². The van der Waals surface area contributed by atoms with Gasteiger partial charge < -0.3 is 25.2 Å². The van der Waals surface area contributed by atoms with Crippen molar-refractivity contribution in [2.45, 2.75) is 31.0 Å². The number of aliphatic hydroxyl groups is 4. The Hall–Kier alpha value is -0.200. The Morgan fingerprint density at radius 1 is 0.909 bits per heavy atom.